The Balaban J connectivity index is 0.00000420. The minimum Gasteiger partial charge on any atom is -0.344 e. The molecule has 2 rings (SSSR count). The van der Waals surface area contributed by atoms with Crippen LogP contribution in [0.2, 0.25) is 10.0 Å². The fourth-order valence-electron chi connectivity index (χ4n) is 2.17. The van der Waals surface area contributed by atoms with E-state index in [9.17, 15) is 0 Å². The topological polar surface area (TPSA) is 96.5 Å². The molecule has 0 saturated heterocycles. The lowest BCUT2D eigenvalue weighted by Gasteiger charge is -2.14. The highest BCUT2D eigenvalue weighted by Gasteiger charge is 2.11. The molecule has 10 heteroatoms. The van der Waals surface area contributed by atoms with Gasteiger partial charge in [-0.2, -0.15) is 10.2 Å². The summed E-state index contributed by atoms with van der Waals surface area (Å²) in [6.07, 6.45) is 0. The highest BCUT2D eigenvalue weighted by molar-refractivity contribution is 6.31. The standard InChI is InChI=1S/C20H24Cl2N6.2ClH/c1-13(19(23)27-17-7-3-15(21)4-8-17)11-25-26-12-14(2)20(24)28-18-9-5-16(22)6-10-18;;/h3-10,13-14H,11-12H2,1-2H3,(H2,23,27)(H2,24,28);2*1H. The average molecular weight is 492 g/mol. The van der Waals surface area contributed by atoms with E-state index in [1.165, 1.54) is 0 Å². The average Bonchev–Trinajstić information content (AvgIpc) is 2.68. The molecule has 2 aromatic carbocycles. The van der Waals surface area contributed by atoms with E-state index in [0.29, 0.717) is 34.8 Å². The van der Waals surface area contributed by atoms with Crippen molar-refractivity contribution in [2.24, 2.45) is 22.1 Å². The normalized spacial score (nSPS) is 12.3. The molecular formula is C20H26Cl4N6. The third-order valence-electron chi connectivity index (χ3n) is 4.04. The number of azo groups is 1. The van der Waals surface area contributed by atoms with Crippen LogP contribution >= 0.6 is 48.0 Å². The van der Waals surface area contributed by atoms with Gasteiger partial charge >= 0.3 is 0 Å². The van der Waals surface area contributed by atoms with Gasteiger partial charge < -0.3 is 10.6 Å². The van der Waals surface area contributed by atoms with Gasteiger partial charge in [0.1, 0.15) is 11.7 Å². The molecule has 0 heterocycles. The van der Waals surface area contributed by atoms with Crippen LogP contribution in [0.5, 0.6) is 0 Å². The highest BCUT2D eigenvalue weighted by Crippen LogP contribution is 2.15. The number of benzene rings is 2. The maximum Gasteiger partial charge on any atom is 0.102 e. The lowest BCUT2D eigenvalue weighted by atomic mass is 10.1. The number of halogens is 4. The lowest BCUT2D eigenvalue weighted by molar-refractivity contribution is 0.683. The second kappa shape index (κ2) is 14.2. The summed E-state index contributed by atoms with van der Waals surface area (Å²) >= 11 is 11.7. The van der Waals surface area contributed by atoms with Crippen LogP contribution in [0, 0.1) is 22.7 Å². The Labute approximate surface area is 199 Å². The molecule has 4 N–H and O–H groups in total. The van der Waals surface area contributed by atoms with Gasteiger partial charge in [-0.15, -0.1) is 24.8 Å². The molecule has 2 atom stereocenters. The van der Waals surface area contributed by atoms with Crippen molar-refractivity contribution in [3.05, 3.63) is 58.6 Å². The fraction of sp³-hybridized carbons (Fsp3) is 0.300. The molecule has 0 aliphatic heterocycles. The summed E-state index contributed by atoms with van der Waals surface area (Å²) < 4.78 is 0. The van der Waals surface area contributed by atoms with Gasteiger partial charge in [0.15, 0.2) is 0 Å². The van der Waals surface area contributed by atoms with Gasteiger partial charge in [0.25, 0.3) is 0 Å². The van der Waals surface area contributed by atoms with Crippen molar-refractivity contribution in [3.8, 4) is 0 Å². The number of amidine groups is 2. The molecule has 2 aromatic rings. The number of anilines is 2. The maximum absolute atomic E-state index is 8.11. The molecule has 0 bridgehead atoms. The van der Waals surface area contributed by atoms with Crippen LogP contribution in [0.1, 0.15) is 13.8 Å². The number of rotatable bonds is 8. The van der Waals surface area contributed by atoms with E-state index in [1.54, 1.807) is 24.3 Å². The predicted molar refractivity (Wildman–Crippen MR) is 133 cm³/mol. The molecule has 0 aliphatic rings. The number of hydrogen-bond acceptors (Lipinski definition) is 4. The summed E-state index contributed by atoms with van der Waals surface area (Å²) in [5.41, 5.74) is 1.63. The van der Waals surface area contributed by atoms with Crippen molar-refractivity contribution >= 4 is 71.1 Å². The molecule has 0 amide bonds. The van der Waals surface area contributed by atoms with Crippen molar-refractivity contribution in [1.29, 1.82) is 10.8 Å². The van der Waals surface area contributed by atoms with Gasteiger partial charge in [-0.25, -0.2) is 0 Å². The van der Waals surface area contributed by atoms with Gasteiger partial charge in [-0.3, -0.25) is 10.8 Å². The Morgan fingerprint density at radius 3 is 1.33 bits per heavy atom. The minimum absolute atomic E-state index is 0. The lowest BCUT2D eigenvalue weighted by Crippen LogP contribution is -2.22. The van der Waals surface area contributed by atoms with E-state index in [-0.39, 0.29) is 36.6 Å². The van der Waals surface area contributed by atoms with E-state index >= 15 is 0 Å². The number of hydrogen-bond donors (Lipinski definition) is 4. The summed E-state index contributed by atoms with van der Waals surface area (Å²) in [5, 5.41) is 32.0. The van der Waals surface area contributed by atoms with E-state index in [4.69, 9.17) is 34.0 Å². The molecule has 0 spiro atoms. The van der Waals surface area contributed by atoms with Crippen LogP contribution < -0.4 is 10.6 Å². The van der Waals surface area contributed by atoms with Gasteiger partial charge in [-0.1, -0.05) is 37.0 Å². The van der Waals surface area contributed by atoms with E-state index < -0.39 is 0 Å². The van der Waals surface area contributed by atoms with Crippen LogP contribution in [-0.4, -0.2) is 24.8 Å². The first-order valence-electron chi connectivity index (χ1n) is 8.90. The largest absolute Gasteiger partial charge is 0.344 e. The number of nitrogens with one attached hydrogen (secondary N) is 4. The van der Waals surface area contributed by atoms with Crippen molar-refractivity contribution in [2.45, 2.75) is 13.8 Å². The molecule has 0 aromatic heterocycles. The third kappa shape index (κ3) is 9.76. The van der Waals surface area contributed by atoms with Crippen LogP contribution in [-0.2, 0) is 0 Å². The van der Waals surface area contributed by atoms with Gasteiger partial charge in [0.2, 0.25) is 0 Å². The quantitative estimate of drug-likeness (QED) is 0.181. The Bertz CT molecular complexity index is 755. The maximum atomic E-state index is 8.11. The van der Waals surface area contributed by atoms with Crippen molar-refractivity contribution in [1.82, 2.24) is 0 Å². The SMILES string of the molecule is CC(CN=NCC(C)C(=N)Nc1ccc(Cl)cc1)C(=N)Nc1ccc(Cl)cc1.Cl.Cl. The monoisotopic (exact) mass is 490 g/mol. The zero-order valence-electron chi connectivity index (χ0n) is 16.7. The van der Waals surface area contributed by atoms with E-state index in [2.05, 4.69) is 20.9 Å². The number of nitrogens with zero attached hydrogens (tertiary/aromatic N) is 2. The van der Waals surface area contributed by atoms with Gasteiger partial charge in [0.05, 0.1) is 13.1 Å². The summed E-state index contributed by atoms with van der Waals surface area (Å²) in [5.74, 6) is 0.542. The molecule has 164 valence electrons. The minimum atomic E-state index is -0.0959. The molecule has 6 nitrogen and oxygen atoms in total. The van der Waals surface area contributed by atoms with E-state index in [0.717, 1.165) is 11.4 Å². The van der Waals surface area contributed by atoms with E-state index in [1.807, 2.05) is 38.1 Å². The third-order valence-corrected chi connectivity index (χ3v) is 4.55. The van der Waals surface area contributed by atoms with Crippen LogP contribution in [0.3, 0.4) is 0 Å². The fourth-order valence-corrected chi connectivity index (χ4v) is 2.42. The summed E-state index contributed by atoms with van der Waals surface area (Å²) in [6, 6.07) is 14.4. The zero-order chi connectivity index (χ0) is 20.5. The first-order chi connectivity index (χ1) is 13.3. The Hall–Kier alpha value is -1.86. The first-order valence-corrected chi connectivity index (χ1v) is 9.66. The summed E-state index contributed by atoms with van der Waals surface area (Å²) in [6.45, 7) is 4.64. The molecular weight excluding hydrogens is 466 g/mol. The van der Waals surface area contributed by atoms with Crippen LogP contribution in [0.25, 0.3) is 0 Å². The van der Waals surface area contributed by atoms with Crippen molar-refractivity contribution in [2.75, 3.05) is 23.7 Å². The molecule has 0 radical (unpaired) electrons. The van der Waals surface area contributed by atoms with Crippen molar-refractivity contribution in [3.63, 3.8) is 0 Å². The molecule has 0 fully saturated rings. The van der Waals surface area contributed by atoms with Gasteiger partial charge in [0, 0.05) is 33.3 Å². The highest BCUT2D eigenvalue weighted by atomic mass is 35.5. The molecule has 0 aliphatic carbocycles. The smallest absolute Gasteiger partial charge is 0.102 e. The molecule has 30 heavy (non-hydrogen) atoms. The second-order valence-electron chi connectivity index (χ2n) is 6.54. The van der Waals surface area contributed by atoms with Crippen LogP contribution in [0.4, 0.5) is 11.4 Å². The predicted octanol–water partition coefficient (Wildman–Crippen LogP) is 7.04. The Kier molecular flexibility index (Phi) is 13.3. The molecule has 0 saturated carbocycles. The summed E-state index contributed by atoms with van der Waals surface area (Å²) in [4.78, 5) is 0. The van der Waals surface area contributed by atoms with Crippen molar-refractivity contribution < 1.29 is 0 Å². The molecule has 2 unspecified atom stereocenters. The second-order valence-corrected chi connectivity index (χ2v) is 7.41. The first kappa shape index (κ1) is 28.1. The van der Waals surface area contributed by atoms with Gasteiger partial charge in [-0.05, 0) is 48.5 Å². The summed E-state index contributed by atoms with van der Waals surface area (Å²) in [7, 11) is 0. The zero-order valence-corrected chi connectivity index (χ0v) is 19.8. The Morgan fingerprint density at radius 2 is 1.03 bits per heavy atom. The van der Waals surface area contributed by atoms with Crippen LogP contribution in [0.15, 0.2) is 58.8 Å². The Morgan fingerprint density at radius 1 is 0.733 bits per heavy atom.